The van der Waals surface area contributed by atoms with E-state index in [1.165, 1.54) is 0 Å². The van der Waals surface area contributed by atoms with Crippen LogP contribution in [0, 0.1) is 12.8 Å². The van der Waals surface area contributed by atoms with Crippen molar-refractivity contribution in [3.05, 3.63) is 23.8 Å². The maximum Gasteiger partial charge on any atom is 0.227 e. The van der Waals surface area contributed by atoms with Crippen LogP contribution < -0.4 is 9.64 Å². The molecule has 0 aliphatic carbocycles. The van der Waals surface area contributed by atoms with Gasteiger partial charge in [-0.3, -0.25) is 4.79 Å². The van der Waals surface area contributed by atoms with Crippen LogP contribution in [0.1, 0.15) is 12.0 Å². The highest BCUT2D eigenvalue weighted by Crippen LogP contribution is 2.30. The molecule has 1 unspecified atom stereocenters. The Morgan fingerprint density at radius 3 is 2.82 bits per heavy atom. The molecule has 4 heteroatoms. The molecule has 0 N–H and O–H groups in total. The van der Waals surface area contributed by atoms with Gasteiger partial charge in [-0.15, -0.1) is 11.6 Å². The van der Waals surface area contributed by atoms with E-state index in [-0.39, 0.29) is 11.8 Å². The van der Waals surface area contributed by atoms with Crippen LogP contribution in [-0.2, 0) is 4.79 Å². The molecule has 1 aliphatic rings. The highest BCUT2D eigenvalue weighted by molar-refractivity contribution is 6.18. The predicted molar refractivity (Wildman–Crippen MR) is 68.9 cm³/mol. The van der Waals surface area contributed by atoms with E-state index >= 15 is 0 Å². The number of alkyl halides is 1. The number of hydrogen-bond acceptors (Lipinski definition) is 2. The number of ether oxygens (including phenoxy) is 1. The minimum absolute atomic E-state index is 0.156. The number of anilines is 1. The first-order valence-electron chi connectivity index (χ1n) is 5.66. The van der Waals surface area contributed by atoms with Crippen molar-refractivity contribution in [2.45, 2.75) is 13.3 Å². The Bertz CT molecular complexity index is 433. The van der Waals surface area contributed by atoms with Gasteiger partial charge in [0.2, 0.25) is 5.91 Å². The van der Waals surface area contributed by atoms with Crippen molar-refractivity contribution in [1.29, 1.82) is 0 Å². The van der Waals surface area contributed by atoms with Crippen LogP contribution in [0.5, 0.6) is 5.75 Å². The Labute approximate surface area is 106 Å². The minimum atomic E-state index is 0.156. The first kappa shape index (κ1) is 12.2. The molecule has 0 saturated carbocycles. The van der Waals surface area contributed by atoms with E-state index in [4.69, 9.17) is 16.3 Å². The molecule has 0 bridgehead atoms. The van der Waals surface area contributed by atoms with Crippen LogP contribution in [0.3, 0.4) is 0 Å². The standard InChI is InChI=1S/C13H16ClNO2/c1-9-5-11(17-2)3-4-12(9)15-8-10(7-14)6-13(15)16/h3-5,10H,6-8H2,1-2H3. The summed E-state index contributed by atoms with van der Waals surface area (Å²) >= 11 is 5.81. The van der Waals surface area contributed by atoms with Crippen molar-refractivity contribution in [3.8, 4) is 5.75 Å². The Hall–Kier alpha value is -1.22. The lowest BCUT2D eigenvalue weighted by Crippen LogP contribution is -2.25. The lowest BCUT2D eigenvalue weighted by molar-refractivity contribution is -0.117. The number of halogens is 1. The summed E-state index contributed by atoms with van der Waals surface area (Å²) in [5.41, 5.74) is 2.01. The molecule has 1 aromatic carbocycles. The molecule has 0 aromatic heterocycles. The third-order valence-corrected chi connectivity index (χ3v) is 3.55. The van der Waals surface area contributed by atoms with Gasteiger partial charge >= 0.3 is 0 Å². The molecule has 92 valence electrons. The maximum atomic E-state index is 11.9. The van der Waals surface area contributed by atoms with Crippen LogP contribution in [0.4, 0.5) is 5.69 Å². The van der Waals surface area contributed by atoms with Crippen LogP contribution in [0.25, 0.3) is 0 Å². The summed E-state index contributed by atoms with van der Waals surface area (Å²) in [5.74, 6) is 1.78. The molecule has 1 heterocycles. The average Bonchev–Trinajstić information content (AvgIpc) is 2.70. The van der Waals surface area contributed by atoms with Gasteiger partial charge in [0, 0.05) is 24.5 Å². The highest BCUT2D eigenvalue weighted by Gasteiger charge is 2.30. The summed E-state index contributed by atoms with van der Waals surface area (Å²) in [4.78, 5) is 13.7. The largest absolute Gasteiger partial charge is 0.497 e. The quantitative estimate of drug-likeness (QED) is 0.775. The van der Waals surface area contributed by atoms with Crippen molar-refractivity contribution in [2.24, 2.45) is 5.92 Å². The first-order valence-corrected chi connectivity index (χ1v) is 6.20. The van der Waals surface area contributed by atoms with Crippen LogP contribution >= 0.6 is 11.6 Å². The fourth-order valence-corrected chi connectivity index (χ4v) is 2.38. The lowest BCUT2D eigenvalue weighted by Gasteiger charge is -2.19. The Kier molecular flexibility index (Phi) is 3.57. The number of amides is 1. The van der Waals surface area contributed by atoms with Gasteiger partial charge in [-0.05, 0) is 36.6 Å². The van der Waals surface area contributed by atoms with Gasteiger partial charge in [0.25, 0.3) is 0 Å². The first-order chi connectivity index (χ1) is 8.15. The number of nitrogens with zero attached hydrogens (tertiary/aromatic N) is 1. The molecule has 2 rings (SSSR count). The summed E-state index contributed by atoms with van der Waals surface area (Å²) in [5, 5.41) is 0. The zero-order valence-electron chi connectivity index (χ0n) is 10.1. The van der Waals surface area contributed by atoms with Crippen LogP contribution in [0.15, 0.2) is 18.2 Å². The van der Waals surface area contributed by atoms with E-state index in [0.29, 0.717) is 12.3 Å². The summed E-state index contributed by atoms with van der Waals surface area (Å²) in [7, 11) is 1.64. The molecule has 1 atom stereocenters. The fourth-order valence-electron chi connectivity index (χ4n) is 2.18. The van der Waals surface area contributed by atoms with E-state index in [9.17, 15) is 4.79 Å². The van der Waals surface area contributed by atoms with Crippen molar-refractivity contribution >= 4 is 23.2 Å². The van der Waals surface area contributed by atoms with E-state index < -0.39 is 0 Å². The summed E-state index contributed by atoms with van der Waals surface area (Å²) in [6, 6.07) is 5.75. The molecule has 0 radical (unpaired) electrons. The Morgan fingerprint density at radius 2 is 2.29 bits per heavy atom. The molecule has 1 fully saturated rings. The third kappa shape index (κ3) is 2.39. The van der Waals surface area contributed by atoms with Crippen LogP contribution in [-0.4, -0.2) is 25.4 Å². The van der Waals surface area contributed by atoms with Gasteiger partial charge in [0.1, 0.15) is 5.75 Å². The molecule has 0 spiro atoms. The van der Waals surface area contributed by atoms with Gasteiger partial charge in [0.15, 0.2) is 0 Å². The van der Waals surface area contributed by atoms with E-state index in [2.05, 4.69) is 0 Å². The second-order valence-corrected chi connectivity index (χ2v) is 4.69. The fraction of sp³-hybridized carbons (Fsp3) is 0.462. The van der Waals surface area contributed by atoms with Crippen molar-refractivity contribution in [2.75, 3.05) is 24.4 Å². The number of rotatable bonds is 3. The normalized spacial score (nSPS) is 19.8. The molecule has 1 amide bonds. The lowest BCUT2D eigenvalue weighted by atomic mass is 10.1. The smallest absolute Gasteiger partial charge is 0.227 e. The minimum Gasteiger partial charge on any atom is -0.497 e. The molecular formula is C13H16ClNO2. The van der Waals surface area contributed by atoms with Gasteiger partial charge in [-0.1, -0.05) is 0 Å². The molecule has 17 heavy (non-hydrogen) atoms. The van der Waals surface area contributed by atoms with Gasteiger partial charge in [-0.25, -0.2) is 0 Å². The number of carbonyl (C=O) groups is 1. The predicted octanol–water partition coefficient (Wildman–Crippen LogP) is 2.60. The number of methoxy groups -OCH3 is 1. The number of benzene rings is 1. The second-order valence-electron chi connectivity index (χ2n) is 4.38. The number of aryl methyl sites for hydroxylation is 1. The van der Waals surface area contributed by atoms with E-state index in [1.54, 1.807) is 7.11 Å². The summed E-state index contributed by atoms with van der Waals surface area (Å²) in [6.45, 7) is 2.70. The van der Waals surface area contributed by atoms with Crippen molar-refractivity contribution in [3.63, 3.8) is 0 Å². The van der Waals surface area contributed by atoms with Crippen molar-refractivity contribution in [1.82, 2.24) is 0 Å². The molecular weight excluding hydrogens is 238 g/mol. The highest BCUT2D eigenvalue weighted by atomic mass is 35.5. The maximum absolute atomic E-state index is 11.9. The number of hydrogen-bond donors (Lipinski definition) is 0. The monoisotopic (exact) mass is 253 g/mol. The summed E-state index contributed by atoms with van der Waals surface area (Å²) < 4.78 is 5.16. The topological polar surface area (TPSA) is 29.5 Å². The molecule has 1 saturated heterocycles. The average molecular weight is 254 g/mol. The van der Waals surface area contributed by atoms with E-state index in [1.807, 2.05) is 30.0 Å². The Morgan fingerprint density at radius 1 is 1.53 bits per heavy atom. The number of carbonyl (C=O) groups excluding carboxylic acids is 1. The zero-order chi connectivity index (χ0) is 12.4. The SMILES string of the molecule is COc1ccc(N2CC(CCl)CC2=O)c(C)c1. The molecule has 1 aliphatic heterocycles. The van der Waals surface area contributed by atoms with Gasteiger partial charge in [-0.2, -0.15) is 0 Å². The second kappa shape index (κ2) is 4.96. The van der Waals surface area contributed by atoms with Gasteiger partial charge < -0.3 is 9.64 Å². The summed E-state index contributed by atoms with van der Waals surface area (Å²) in [6.07, 6.45) is 0.551. The zero-order valence-corrected chi connectivity index (χ0v) is 10.8. The Balaban J connectivity index is 2.26. The van der Waals surface area contributed by atoms with Crippen molar-refractivity contribution < 1.29 is 9.53 Å². The third-order valence-electron chi connectivity index (χ3n) is 3.12. The molecule has 3 nitrogen and oxygen atoms in total. The van der Waals surface area contributed by atoms with E-state index in [0.717, 1.165) is 23.5 Å². The van der Waals surface area contributed by atoms with Crippen LogP contribution in [0.2, 0.25) is 0 Å². The van der Waals surface area contributed by atoms with Gasteiger partial charge in [0.05, 0.1) is 7.11 Å². The molecule has 1 aromatic rings.